The number of hydrogen-bond donors (Lipinski definition) is 3. The van der Waals surface area contributed by atoms with Gasteiger partial charge in [0, 0.05) is 17.4 Å². The fourth-order valence-electron chi connectivity index (χ4n) is 2.95. The van der Waals surface area contributed by atoms with E-state index in [2.05, 4.69) is 0 Å². The van der Waals surface area contributed by atoms with E-state index >= 15 is 0 Å². The number of carboxylic acids is 3. The predicted molar refractivity (Wildman–Crippen MR) is 129 cm³/mol. The van der Waals surface area contributed by atoms with Crippen LogP contribution in [0.3, 0.4) is 0 Å². The summed E-state index contributed by atoms with van der Waals surface area (Å²) in [5.74, 6) is -2.57. The van der Waals surface area contributed by atoms with Gasteiger partial charge >= 0.3 is 17.9 Å². The Balaban J connectivity index is 0.000000473. The minimum Gasteiger partial charge on any atom is -0.478 e. The van der Waals surface area contributed by atoms with Crippen molar-refractivity contribution in [2.75, 3.05) is 0 Å². The molecule has 6 nitrogen and oxygen atoms in total. The monoisotopic (exact) mass is 502 g/mol. The van der Waals surface area contributed by atoms with Crippen LogP contribution in [0.25, 0.3) is 0 Å². The average Bonchev–Trinajstić information content (AvgIpc) is 2.74. The van der Waals surface area contributed by atoms with Crippen molar-refractivity contribution < 1.29 is 47.1 Å². The maximum atomic E-state index is 10.6. The fraction of sp³-hybridized carbons (Fsp3) is 0.222. The van der Waals surface area contributed by atoms with E-state index in [0.717, 1.165) is 33.4 Å². The van der Waals surface area contributed by atoms with E-state index in [9.17, 15) is 14.4 Å². The molecule has 0 saturated heterocycles. The Labute approximate surface area is 211 Å². The molecule has 3 aromatic rings. The zero-order chi connectivity index (χ0) is 25.3. The molecule has 180 valence electrons. The number of aromatic carboxylic acids is 3. The van der Waals surface area contributed by atoms with Gasteiger partial charge < -0.3 is 15.3 Å². The second kappa shape index (κ2) is 14.0. The van der Waals surface area contributed by atoms with Crippen molar-refractivity contribution in [3.8, 4) is 0 Å². The molecule has 0 atom stereocenters. The molecule has 0 fully saturated rings. The van der Waals surface area contributed by atoms with Gasteiger partial charge in [0.25, 0.3) is 0 Å². The number of rotatable bonds is 3. The van der Waals surface area contributed by atoms with E-state index in [0.29, 0.717) is 16.7 Å². The topological polar surface area (TPSA) is 112 Å². The Morgan fingerprint density at radius 1 is 0.471 bits per heavy atom. The first-order valence-corrected chi connectivity index (χ1v) is 10.3. The van der Waals surface area contributed by atoms with Gasteiger partial charge in [-0.2, -0.15) is 0 Å². The van der Waals surface area contributed by atoms with Crippen LogP contribution in [-0.4, -0.2) is 33.2 Å². The standard InChI is InChI=1S/3C9H10O2.Cr/c3*1-6-4-3-5-8(7(6)2)9(10)11;/h3*3-5H,1-2H3,(H,10,11);. The van der Waals surface area contributed by atoms with Crippen LogP contribution in [0.4, 0.5) is 0 Å². The molecule has 0 aliphatic rings. The van der Waals surface area contributed by atoms with Gasteiger partial charge in [-0.15, -0.1) is 0 Å². The molecule has 0 saturated carbocycles. The molecule has 34 heavy (non-hydrogen) atoms. The summed E-state index contributed by atoms with van der Waals surface area (Å²) in [4.78, 5) is 31.7. The third kappa shape index (κ3) is 8.51. The molecule has 3 aromatic carbocycles. The van der Waals surface area contributed by atoms with Gasteiger partial charge in [0.1, 0.15) is 0 Å². The van der Waals surface area contributed by atoms with Gasteiger partial charge in [-0.25, -0.2) is 14.4 Å². The summed E-state index contributed by atoms with van der Waals surface area (Å²) < 4.78 is 0. The molecular weight excluding hydrogens is 472 g/mol. The number of benzene rings is 3. The molecule has 3 N–H and O–H groups in total. The maximum absolute atomic E-state index is 10.6. The van der Waals surface area contributed by atoms with Crippen molar-refractivity contribution in [1.82, 2.24) is 0 Å². The fourth-order valence-corrected chi connectivity index (χ4v) is 2.95. The molecule has 0 heterocycles. The van der Waals surface area contributed by atoms with E-state index in [1.54, 1.807) is 36.4 Å². The SMILES string of the molecule is Cc1cccc(C(=O)O)c1C.Cc1cccc(C(=O)O)c1C.Cc1cccc(C(=O)O)c1C.[Cr]. The Kier molecular flexibility index (Phi) is 12.6. The van der Waals surface area contributed by atoms with Crippen molar-refractivity contribution in [3.05, 3.63) is 105 Å². The number of carboxylic acid groups (broad SMARTS) is 3. The first-order valence-electron chi connectivity index (χ1n) is 10.3. The molecule has 3 rings (SSSR count). The van der Waals surface area contributed by atoms with Crippen molar-refractivity contribution in [1.29, 1.82) is 0 Å². The van der Waals surface area contributed by atoms with E-state index < -0.39 is 17.9 Å². The predicted octanol–water partition coefficient (Wildman–Crippen LogP) is 6.00. The third-order valence-corrected chi connectivity index (χ3v) is 5.51. The van der Waals surface area contributed by atoms with Crippen molar-refractivity contribution in [2.45, 2.75) is 41.5 Å². The van der Waals surface area contributed by atoms with E-state index in [1.807, 2.05) is 59.7 Å². The van der Waals surface area contributed by atoms with Gasteiger partial charge in [-0.1, -0.05) is 36.4 Å². The van der Waals surface area contributed by atoms with Crippen LogP contribution in [0.15, 0.2) is 54.6 Å². The molecule has 0 spiro atoms. The second-order valence-corrected chi connectivity index (χ2v) is 7.66. The van der Waals surface area contributed by atoms with Crippen LogP contribution in [0.2, 0.25) is 0 Å². The summed E-state index contributed by atoms with van der Waals surface area (Å²) in [6, 6.07) is 15.8. The minimum atomic E-state index is -0.855. The van der Waals surface area contributed by atoms with Gasteiger partial charge in [0.05, 0.1) is 16.7 Å². The Morgan fingerprint density at radius 2 is 0.676 bits per heavy atom. The minimum absolute atomic E-state index is 0. The van der Waals surface area contributed by atoms with E-state index in [-0.39, 0.29) is 17.4 Å². The van der Waals surface area contributed by atoms with Crippen molar-refractivity contribution in [3.63, 3.8) is 0 Å². The Hall–Kier alpha value is -3.40. The zero-order valence-electron chi connectivity index (χ0n) is 20.2. The van der Waals surface area contributed by atoms with Gasteiger partial charge in [-0.05, 0) is 93.1 Å². The van der Waals surface area contributed by atoms with Crippen LogP contribution in [0, 0.1) is 41.5 Å². The molecule has 0 aromatic heterocycles. The number of carbonyl (C=O) groups is 3. The molecule has 0 aliphatic heterocycles. The summed E-state index contributed by atoms with van der Waals surface area (Å²) in [6.07, 6.45) is 0. The van der Waals surface area contributed by atoms with Crippen LogP contribution in [0.5, 0.6) is 0 Å². The van der Waals surface area contributed by atoms with Crippen molar-refractivity contribution in [2.24, 2.45) is 0 Å². The summed E-state index contributed by atoms with van der Waals surface area (Å²) in [7, 11) is 0. The smallest absolute Gasteiger partial charge is 0.335 e. The molecule has 0 bridgehead atoms. The average molecular weight is 503 g/mol. The number of aryl methyl sites for hydroxylation is 3. The summed E-state index contributed by atoms with van der Waals surface area (Å²) in [5, 5.41) is 26.1. The largest absolute Gasteiger partial charge is 0.478 e. The molecule has 0 radical (unpaired) electrons. The quantitative estimate of drug-likeness (QED) is 0.405. The van der Waals surface area contributed by atoms with E-state index in [1.165, 1.54) is 0 Å². The van der Waals surface area contributed by atoms with Crippen molar-refractivity contribution >= 4 is 17.9 Å². The Morgan fingerprint density at radius 3 is 0.824 bits per heavy atom. The molecular formula is C27H30CrO6. The first kappa shape index (κ1) is 30.6. The summed E-state index contributed by atoms with van der Waals surface area (Å²) in [5.41, 5.74) is 6.78. The first-order chi connectivity index (χ1) is 15.4. The molecule has 0 aliphatic carbocycles. The van der Waals surface area contributed by atoms with Gasteiger partial charge in [0.15, 0.2) is 0 Å². The van der Waals surface area contributed by atoms with Crippen LogP contribution in [0.1, 0.15) is 64.5 Å². The third-order valence-electron chi connectivity index (χ3n) is 5.51. The summed E-state index contributed by atoms with van der Waals surface area (Å²) in [6.45, 7) is 11.2. The molecule has 7 heteroatoms. The van der Waals surface area contributed by atoms with E-state index in [4.69, 9.17) is 15.3 Å². The number of hydrogen-bond acceptors (Lipinski definition) is 3. The Bertz CT molecular complexity index is 1020. The van der Waals surface area contributed by atoms with Crippen LogP contribution < -0.4 is 0 Å². The molecule has 0 unspecified atom stereocenters. The maximum Gasteiger partial charge on any atom is 0.335 e. The molecule has 0 amide bonds. The van der Waals surface area contributed by atoms with Gasteiger partial charge in [-0.3, -0.25) is 0 Å². The van der Waals surface area contributed by atoms with Crippen LogP contribution in [-0.2, 0) is 17.4 Å². The van der Waals surface area contributed by atoms with Gasteiger partial charge in [0.2, 0.25) is 0 Å². The normalized spacial score (nSPS) is 9.35. The second-order valence-electron chi connectivity index (χ2n) is 7.66. The summed E-state index contributed by atoms with van der Waals surface area (Å²) >= 11 is 0. The zero-order valence-corrected chi connectivity index (χ0v) is 21.4. The van der Waals surface area contributed by atoms with Crippen LogP contribution >= 0.6 is 0 Å².